The van der Waals surface area contributed by atoms with Gasteiger partial charge in [0.15, 0.2) is 0 Å². The van der Waals surface area contributed by atoms with Crippen molar-refractivity contribution in [3.8, 4) is 23.1 Å². The number of fused-ring (bicyclic) bond motifs is 2. The molecule has 7 rings (SSSR count). The molecule has 4 atom stereocenters. The van der Waals surface area contributed by atoms with Gasteiger partial charge in [-0.05, 0) is 84.7 Å². The maximum atomic E-state index is 13.6. The largest absolute Gasteiger partial charge is 0.453 e. The van der Waals surface area contributed by atoms with E-state index in [2.05, 4.69) is 56.7 Å². The minimum atomic E-state index is -0.697. The second kappa shape index (κ2) is 17.0. The van der Waals surface area contributed by atoms with Crippen molar-refractivity contribution in [3.05, 3.63) is 83.6 Å². The third kappa shape index (κ3) is 8.34. The average molecular weight is 787 g/mol. The summed E-state index contributed by atoms with van der Waals surface area (Å²) >= 11 is 0. The lowest BCUT2D eigenvalue weighted by Crippen LogP contribution is -2.51. The number of rotatable bonds is 9. The number of carbonyl (C=O) groups excluding carboxylic acids is 4. The zero-order chi connectivity index (χ0) is 41.1. The number of ether oxygens (including phenoxy) is 2. The molecule has 4 N–H and O–H groups in total. The first-order valence-electron chi connectivity index (χ1n) is 19.8. The highest BCUT2D eigenvalue weighted by Gasteiger charge is 2.39. The molecule has 0 spiro atoms. The fourth-order valence-corrected chi connectivity index (χ4v) is 7.94. The lowest BCUT2D eigenvalue weighted by molar-refractivity contribution is -0.136. The number of alkyl carbamates (subject to hydrolysis) is 2. The first-order valence-corrected chi connectivity index (χ1v) is 19.8. The highest BCUT2D eigenvalue weighted by atomic mass is 16.5. The topological polar surface area (TPSA) is 175 Å². The number of hydrogen-bond acceptors (Lipinski definition) is 8. The van der Waals surface area contributed by atoms with E-state index in [0.29, 0.717) is 18.9 Å². The van der Waals surface area contributed by atoms with Crippen LogP contribution in [0.3, 0.4) is 0 Å². The number of hydrogen-bond donors (Lipinski definition) is 4. The fraction of sp³-hybridized carbons (Fsp3) is 0.409. The van der Waals surface area contributed by atoms with E-state index in [1.54, 1.807) is 11.1 Å². The molecule has 2 aliphatic rings. The number of H-pyrrole nitrogens is 2. The Bertz CT molecular complexity index is 2410. The van der Waals surface area contributed by atoms with Gasteiger partial charge in [-0.3, -0.25) is 9.59 Å². The van der Waals surface area contributed by atoms with Crippen LogP contribution in [0.25, 0.3) is 33.1 Å². The molecule has 3 aromatic carbocycles. The van der Waals surface area contributed by atoms with Gasteiger partial charge in [0, 0.05) is 29.8 Å². The maximum Gasteiger partial charge on any atom is 0.407 e. The molecule has 14 heteroatoms. The Kier molecular flexibility index (Phi) is 11.7. The lowest BCUT2D eigenvalue weighted by atomic mass is 10.0. The number of carbonyl (C=O) groups is 4. The molecule has 0 unspecified atom stereocenters. The molecule has 2 aliphatic heterocycles. The Labute approximate surface area is 337 Å². The standard InChI is InChI=1S/C44H50N8O6/c1-25(2)37(49-43(55)57-5)41(53)51-19-7-9-35(51)39-45-24-34(48-39)31-17-16-29-21-27(13-15-30(29)23-31)11-12-28-14-18-32-33(22-28)47-40(46-32)36-10-8-20-52(36)42(54)38(26(3)4)50-44(56)58-6/h13-18,21-26,35-38H,7-10,19-20H2,1-6H3,(H,45,48)(H,46,47)(H,49,55)(H,50,56)/t35-,36-,37-,38-/m0/s1. The highest BCUT2D eigenvalue weighted by Crippen LogP contribution is 2.35. The molecule has 302 valence electrons. The van der Waals surface area contributed by atoms with Crippen LogP contribution >= 0.6 is 0 Å². The summed E-state index contributed by atoms with van der Waals surface area (Å²) in [6.07, 6.45) is 3.78. The van der Waals surface area contributed by atoms with Gasteiger partial charge in [-0.25, -0.2) is 19.6 Å². The third-order valence-corrected chi connectivity index (χ3v) is 11.1. The van der Waals surface area contributed by atoms with E-state index in [0.717, 1.165) is 75.7 Å². The number of amides is 4. The van der Waals surface area contributed by atoms with Crippen molar-refractivity contribution in [2.75, 3.05) is 27.3 Å². The summed E-state index contributed by atoms with van der Waals surface area (Å²) in [6.45, 7) is 8.77. The summed E-state index contributed by atoms with van der Waals surface area (Å²) in [7, 11) is 2.58. The third-order valence-electron chi connectivity index (χ3n) is 11.1. The zero-order valence-corrected chi connectivity index (χ0v) is 33.7. The number of likely N-dealkylation sites (tertiary alicyclic amines) is 2. The summed E-state index contributed by atoms with van der Waals surface area (Å²) in [4.78, 5) is 71.1. The predicted octanol–water partition coefficient (Wildman–Crippen LogP) is 6.59. The van der Waals surface area contributed by atoms with E-state index < -0.39 is 24.3 Å². The molecule has 14 nitrogen and oxygen atoms in total. The molecule has 2 aromatic heterocycles. The quantitative estimate of drug-likeness (QED) is 0.121. The lowest BCUT2D eigenvalue weighted by Gasteiger charge is -2.30. The highest BCUT2D eigenvalue weighted by molar-refractivity contribution is 5.89. The average Bonchev–Trinajstić information content (AvgIpc) is 4.06. The number of imidazole rings is 2. The monoisotopic (exact) mass is 786 g/mol. The molecule has 0 saturated carbocycles. The smallest absolute Gasteiger partial charge is 0.407 e. The Hall–Kier alpha value is -6.36. The van der Waals surface area contributed by atoms with Gasteiger partial charge in [0.1, 0.15) is 23.7 Å². The number of nitrogens with one attached hydrogen (secondary N) is 4. The molecule has 4 amide bonds. The molecule has 4 heterocycles. The van der Waals surface area contributed by atoms with Gasteiger partial charge in [-0.2, -0.15) is 0 Å². The Balaban J connectivity index is 1.04. The molecule has 0 radical (unpaired) electrons. The predicted molar refractivity (Wildman–Crippen MR) is 219 cm³/mol. The molecular weight excluding hydrogens is 737 g/mol. The minimum absolute atomic E-state index is 0.109. The molecule has 0 bridgehead atoms. The number of aromatic nitrogens is 4. The molecular formula is C44H50N8O6. The van der Waals surface area contributed by atoms with Crippen molar-refractivity contribution in [3.63, 3.8) is 0 Å². The van der Waals surface area contributed by atoms with E-state index in [-0.39, 0.29) is 35.7 Å². The summed E-state index contributed by atoms with van der Waals surface area (Å²) in [5.41, 5.74) is 5.17. The van der Waals surface area contributed by atoms with Crippen LogP contribution in [-0.4, -0.2) is 93.1 Å². The van der Waals surface area contributed by atoms with E-state index >= 15 is 0 Å². The van der Waals surface area contributed by atoms with Crippen LogP contribution in [0.15, 0.2) is 60.8 Å². The molecule has 58 heavy (non-hydrogen) atoms. The van der Waals surface area contributed by atoms with E-state index in [1.165, 1.54) is 14.2 Å². The van der Waals surface area contributed by atoms with Crippen LogP contribution in [0.4, 0.5) is 9.59 Å². The Morgan fingerprint density at radius 2 is 1.28 bits per heavy atom. The molecule has 2 saturated heterocycles. The molecule has 0 aliphatic carbocycles. The second-order valence-corrected chi connectivity index (χ2v) is 15.7. The van der Waals surface area contributed by atoms with Gasteiger partial charge >= 0.3 is 12.2 Å². The summed E-state index contributed by atoms with van der Waals surface area (Å²) < 4.78 is 9.52. The Morgan fingerprint density at radius 1 is 0.724 bits per heavy atom. The van der Waals surface area contributed by atoms with Gasteiger partial charge < -0.3 is 39.9 Å². The SMILES string of the molecule is COC(=O)N[C@H](C(=O)N1CCC[C@H]1c1ncc(-c2ccc3cc(C#Cc4ccc5nc([C@@H]6CCCN6C(=O)[C@@H](NC(=O)OC)C(C)C)[nH]c5c4)ccc3c2)[nH]1)C(C)C. The molecule has 5 aromatic rings. The summed E-state index contributed by atoms with van der Waals surface area (Å²) in [5, 5.41) is 7.49. The van der Waals surface area contributed by atoms with Crippen LogP contribution in [0.2, 0.25) is 0 Å². The van der Waals surface area contributed by atoms with Crippen molar-refractivity contribution in [1.29, 1.82) is 0 Å². The van der Waals surface area contributed by atoms with Crippen molar-refractivity contribution < 1.29 is 28.7 Å². The van der Waals surface area contributed by atoms with Gasteiger partial charge in [-0.15, -0.1) is 0 Å². The van der Waals surface area contributed by atoms with Crippen molar-refractivity contribution in [2.24, 2.45) is 11.8 Å². The zero-order valence-electron chi connectivity index (χ0n) is 33.7. The van der Waals surface area contributed by atoms with Crippen LogP contribution in [0.5, 0.6) is 0 Å². The number of benzene rings is 3. The van der Waals surface area contributed by atoms with Crippen molar-refractivity contribution >= 4 is 45.8 Å². The van der Waals surface area contributed by atoms with Gasteiger partial charge in [0.05, 0.1) is 49.2 Å². The van der Waals surface area contributed by atoms with Gasteiger partial charge in [-0.1, -0.05) is 57.7 Å². The van der Waals surface area contributed by atoms with Crippen LogP contribution in [0, 0.1) is 23.7 Å². The van der Waals surface area contributed by atoms with Crippen LogP contribution in [-0.2, 0) is 19.1 Å². The molecule has 2 fully saturated rings. The number of nitrogens with zero attached hydrogens (tertiary/aromatic N) is 4. The van der Waals surface area contributed by atoms with Gasteiger partial charge in [0.2, 0.25) is 11.8 Å². The second-order valence-electron chi connectivity index (χ2n) is 15.7. The van der Waals surface area contributed by atoms with E-state index in [9.17, 15) is 19.2 Å². The van der Waals surface area contributed by atoms with Crippen molar-refractivity contribution in [2.45, 2.75) is 77.5 Å². The van der Waals surface area contributed by atoms with E-state index in [1.807, 2.05) is 62.9 Å². The fourth-order valence-electron chi connectivity index (χ4n) is 7.94. The first kappa shape index (κ1) is 39.9. The Morgan fingerprint density at radius 3 is 1.88 bits per heavy atom. The maximum absolute atomic E-state index is 13.6. The van der Waals surface area contributed by atoms with E-state index in [4.69, 9.17) is 19.4 Å². The number of aromatic amines is 2. The number of methoxy groups -OCH3 is 2. The normalized spacial score (nSPS) is 17.7. The summed E-state index contributed by atoms with van der Waals surface area (Å²) in [6, 6.07) is 16.4. The van der Waals surface area contributed by atoms with Crippen molar-refractivity contribution in [1.82, 2.24) is 40.4 Å². The summed E-state index contributed by atoms with van der Waals surface area (Å²) in [5.74, 6) is 7.53. The van der Waals surface area contributed by atoms with Crippen LogP contribution in [0.1, 0.15) is 88.2 Å². The minimum Gasteiger partial charge on any atom is -0.453 e. The van der Waals surface area contributed by atoms with Gasteiger partial charge in [0.25, 0.3) is 0 Å². The first-order chi connectivity index (χ1) is 27.9. The van der Waals surface area contributed by atoms with Crippen LogP contribution < -0.4 is 10.6 Å².